The van der Waals surface area contributed by atoms with Gasteiger partial charge in [-0.3, -0.25) is 14.7 Å². The minimum absolute atomic E-state index is 0.0864. The van der Waals surface area contributed by atoms with Gasteiger partial charge in [0.2, 0.25) is 0 Å². The quantitative estimate of drug-likeness (QED) is 0.154. The van der Waals surface area contributed by atoms with Crippen molar-refractivity contribution in [1.29, 1.82) is 0 Å². The largest absolute Gasteiger partial charge is 0.461 e. The average molecular weight is 527 g/mol. The molecule has 2 aromatic heterocycles. The number of carbonyl (C=O) groups is 2. The fraction of sp³-hybridized carbons (Fsp3) is 0.103. The number of aromatic nitrogens is 1. The summed E-state index contributed by atoms with van der Waals surface area (Å²) in [7, 11) is 0. The van der Waals surface area contributed by atoms with E-state index in [1.807, 2.05) is 66.7 Å². The van der Waals surface area contributed by atoms with Crippen molar-refractivity contribution >= 4 is 40.2 Å². The summed E-state index contributed by atoms with van der Waals surface area (Å²) in [6.45, 7) is 0.627. The van der Waals surface area contributed by atoms with E-state index in [1.165, 1.54) is 11.8 Å². The van der Waals surface area contributed by atoms with Gasteiger partial charge in [-0.25, -0.2) is 4.79 Å². The number of amides is 1. The number of thiocarbonyl (C=S) groups is 1. The van der Waals surface area contributed by atoms with Crippen molar-refractivity contribution in [3.05, 3.63) is 125 Å². The molecule has 0 spiro atoms. The van der Waals surface area contributed by atoms with Gasteiger partial charge in [0.15, 0.2) is 0 Å². The lowest BCUT2D eigenvalue weighted by Gasteiger charge is -2.14. The minimum Gasteiger partial charge on any atom is -0.461 e. The van der Waals surface area contributed by atoms with Gasteiger partial charge in [-0.1, -0.05) is 78.6 Å². The fourth-order valence-corrected chi connectivity index (χ4v) is 4.99. The molecule has 184 valence electrons. The molecule has 6 nitrogen and oxygen atoms in total. The van der Waals surface area contributed by atoms with Crippen LogP contribution < -0.4 is 0 Å². The molecule has 2 aromatic carbocycles. The minimum atomic E-state index is -0.403. The molecule has 1 aliphatic rings. The molecule has 3 heterocycles. The topological polar surface area (TPSA) is 72.6 Å². The molecule has 4 aromatic rings. The van der Waals surface area contributed by atoms with Gasteiger partial charge < -0.3 is 9.15 Å². The maximum Gasteiger partial charge on any atom is 0.338 e. The molecule has 0 N–H and O–H groups in total. The van der Waals surface area contributed by atoms with Crippen LogP contribution >= 0.6 is 24.0 Å². The molecular formula is C29H22N2O4S2. The van der Waals surface area contributed by atoms with Crippen LogP contribution in [-0.2, 0) is 29.1 Å². The third-order valence-electron chi connectivity index (χ3n) is 5.71. The van der Waals surface area contributed by atoms with Crippen LogP contribution in [0.15, 0.2) is 107 Å². The number of esters is 1. The van der Waals surface area contributed by atoms with E-state index in [1.54, 1.807) is 35.5 Å². The second kappa shape index (κ2) is 11.4. The van der Waals surface area contributed by atoms with Gasteiger partial charge in [0, 0.05) is 29.9 Å². The zero-order valence-corrected chi connectivity index (χ0v) is 21.3. The van der Waals surface area contributed by atoms with E-state index >= 15 is 0 Å². The molecule has 1 aliphatic heterocycles. The summed E-state index contributed by atoms with van der Waals surface area (Å²) in [6, 6.07) is 24.2. The van der Waals surface area contributed by atoms with Crippen LogP contribution in [0.25, 0.3) is 11.3 Å². The molecule has 1 saturated heterocycles. The summed E-state index contributed by atoms with van der Waals surface area (Å²) in [6.07, 6.45) is 5.66. The molecule has 1 amide bonds. The number of thioether (sulfide) groups is 1. The summed E-state index contributed by atoms with van der Waals surface area (Å²) in [5.41, 5.74) is 3.15. The molecule has 8 heteroatoms. The molecule has 0 radical (unpaired) electrons. The highest BCUT2D eigenvalue weighted by molar-refractivity contribution is 8.26. The number of rotatable bonds is 8. The highest BCUT2D eigenvalue weighted by Crippen LogP contribution is 2.33. The number of hydrogen-bond donors (Lipinski definition) is 0. The summed E-state index contributed by atoms with van der Waals surface area (Å²) in [4.78, 5) is 31.4. The lowest BCUT2D eigenvalue weighted by Crippen LogP contribution is -2.27. The number of ether oxygens (including phenoxy) is 1. The van der Waals surface area contributed by atoms with Gasteiger partial charge in [-0.2, -0.15) is 0 Å². The van der Waals surface area contributed by atoms with E-state index in [4.69, 9.17) is 21.4 Å². The summed E-state index contributed by atoms with van der Waals surface area (Å²) < 4.78 is 11.9. The zero-order valence-electron chi connectivity index (χ0n) is 19.7. The second-order valence-corrected chi connectivity index (χ2v) is 9.97. The Kier molecular flexibility index (Phi) is 7.58. The van der Waals surface area contributed by atoms with Crippen LogP contribution in [0, 0.1) is 0 Å². The van der Waals surface area contributed by atoms with E-state index in [2.05, 4.69) is 4.98 Å². The highest BCUT2D eigenvalue weighted by atomic mass is 32.2. The smallest absolute Gasteiger partial charge is 0.338 e. The average Bonchev–Trinajstić information content (AvgIpc) is 3.52. The Hall–Kier alpha value is -4.01. The van der Waals surface area contributed by atoms with Crippen molar-refractivity contribution in [2.24, 2.45) is 0 Å². The molecule has 0 saturated carbocycles. The highest BCUT2D eigenvalue weighted by Gasteiger charge is 2.31. The summed E-state index contributed by atoms with van der Waals surface area (Å²) in [5.74, 6) is 0.912. The maximum atomic E-state index is 12.9. The number of pyridine rings is 1. The van der Waals surface area contributed by atoms with E-state index in [-0.39, 0.29) is 12.5 Å². The number of hydrogen-bond acceptors (Lipinski definition) is 7. The van der Waals surface area contributed by atoms with E-state index < -0.39 is 5.97 Å². The fourth-order valence-electron chi connectivity index (χ4n) is 3.76. The second-order valence-electron chi connectivity index (χ2n) is 8.30. The van der Waals surface area contributed by atoms with Crippen LogP contribution in [0.2, 0.25) is 0 Å². The number of carbonyl (C=O) groups excluding carboxylic acids is 2. The van der Waals surface area contributed by atoms with Crippen molar-refractivity contribution in [2.45, 2.75) is 19.6 Å². The first-order valence-electron chi connectivity index (χ1n) is 11.6. The molecule has 0 aliphatic carbocycles. The van der Waals surface area contributed by atoms with E-state index in [0.717, 1.165) is 22.5 Å². The Morgan fingerprint density at radius 2 is 1.78 bits per heavy atom. The number of furan rings is 1. The van der Waals surface area contributed by atoms with E-state index in [0.29, 0.717) is 33.5 Å². The predicted octanol–water partition coefficient (Wildman–Crippen LogP) is 6.19. The van der Waals surface area contributed by atoms with Gasteiger partial charge in [0.05, 0.1) is 17.0 Å². The van der Waals surface area contributed by atoms with Gasteiger partial charge in [-0.05, 0) is 35.9 Å². The normalized spacial score (nSPS) is 14.4. The summed E-state index contributed by atoms with van der Waals surface area (Å²) >= 11 is 6.74. The Bertz CT molecular complexity index is 1450. The third-order valence-corrected chi connectivity index (χ3v) is 7.13. The monoisotopic (exact) mass is 526 g/mol. The van der Waals surface area contributed by atoms with Gasteiger partial charge >= 0.3 is 5.97 Å². The Labute approximate surface area is 224 Å². The number of allylic oxidation sites excluding steroid dienone is 1. The SMILES string of the molecule is O=C(OCc1cccnc1)c1ccc(-c2ccc(C/C=C3/SC(=S)N(Cc4ccccc4)C3=O)o2)cc1. The maximum absolute atomic E-state index is 12.9. The molecule has 0 atom stereocenters. The van der Waals surface area contributed by atoms with Crippen molar-refractivity contribution in [3.8, 4) is 11.3 Å². The van der Waals surface area contributed by atoms with Crippen molar-refractivity contribution in [3.63, 3.8) is 0 Å². The van der Waals surface area contributed by atoms with Crippen LogP contribution in [0.4, 0.5) is 0 Å². The third kappa shape index (κ3) is 6.04. The van der Waals surface area contributed by atoms with Gasteiger partial charge in [0.1, 0.15) is 22.4 Å². The number of nitrogens with zero attached hydrogens (tertiary/aromatic N) is 2. The first-order chi connectivity index (χ1) is 18.1. The molecule has 0 bridgehead atoms. The Morgan fingerprint density at radius 3 is 2.54 bits per heavy atom. The van der Waals surface area contributed by atoms with Crippen LogP contribution in [0.3, 0.4) is 0 Å². The van der Waals surface area contributed by atoms with Crippen LogP contribution in [0.1, 0.15) is 27.2 Å². The first kappa shape index (κ1) is 24.7. The molecular weight excluding hydrogens is 504 g/mol. The Balaban J connectivity index is 1.18. The molecule has 37 heavy (non-hydrogen) atoms. The van der Waals surface area contributed by atoms with Crippen molar-refractivity contribution in [1.82, 2.24) is 9.88 Å². The molecule has 1 fully saturated rings. The zero-order chi connectivity index (χ0) is 25.6. The first-order valence-corrected chi connectivity index (χ1v) is 12.8. The van der Waals surface area contributed by atoms with Crippen LogP contribution in [0.5, 0.6) is 0 Å². The van der Waals surface area contributed by atoms with Gasteiger partial charge in [-0.15, -0.1) is 0 Å². The molecule has 5 rings (SSSR count). The van der Waals surface area contributed by atoms with Gasteiger partial charge in [0.25, 0.3) is 5.91 Å². The predicted molar refractivity (Wildman–Crippen MR) is 146 cm³/mol. The lowest BCUT2D eigenvalue weighted by atomic mass is 10.1. The van der Waals surface area contributed by atoms with Crippen molar-refractivity contribution < 1.29 is 18.7 Å². The standard InChI is InChI=1S/C29H22N2O4S2/c32-27-26(37-29(36)31(27)18-20-5-2-1-3-6-20)15-13-24-12-14-25(35-24)22-8-10-23(11-9-22)28(33)34-19-21-7-4-16-30-17-21/h1-12,14-17H,13,18-19H2/b26-15+. The van der Waals surface area contributed by atoms with E-state index in [9.17, 15) is 9.59 Å². The Morgan fingerprint density at radius 1 is 1.00 bits per heavy atom. The molecule has 0 unspecified atom stereocenters. The number of benzene rings is 2. The van der Waals surface area contributed by atoms with Crippen LogP contribution in [-0.4, -0.2) is 26.1 Å². The summed E-state index contributed by atoms with van der Waals surface area (Å²) in [5, 5.41) is 0. The van der Waals surface area contributed by atoms with Crippen molar-refractivity contribution in [2.75, 3.05) is 0 Å². The lowest BCUT2D eigenvalue weighted by molar-refractivity contribution is -0.122.